The van der Waals surface area contributed by atoms with Crippen LogP contribution in [0.15, 0.2) is 42.7 Å². The Morgan fingerprint density at radius 1 is 1.22 bits per heavy atom. The highest BCUT2D eigenvalue weighted by Gasteiger charge is 2.16. The Labute approximate surface area is 137 Å². The van der Waals surface area contributed by atoms with E-state index in [-0.39, 0.29) is 11.4 Å². The van der Waals surface area contributed by atoms with Crippen molar-refractivity contribution in [1.29, 1.82) is 0 Å². The van der Waals surface area contributed by atoms with E-state index in [1.807, 2.05) is 52.0 Å². The van der Waals surface area contributed by atoms with E-state index < -0.39 is 0 Å². The zero-order chi connectivity index (χ0) is 16.9. The topological polar surface area (TPSA) is 63.2 Å². The number of pyridine rings is 1. The third-order valence-electron chi connectivity index (χ3n) is 2.95. The summed E-state index contributed by atoms with van der Waals surface area (Å²) in [5.74, 6) is 0.617. The van der Waals surface area contributed by atoms with E-state index in [2.05, 4.69) is 15.6 Å². The Morgan fingerprint density at radius 3 is 2.65 bits per heavy atom. The molecule has 0 aliphatic carbocycles. The average Bonchev–Trinajstić information content (AvgIpc) is 2.48. The molecule has 1 amide bonds. The molecule has 0 bridgehead atoms. The Hall–Kier alpha value is -2.56. The van der Waals surface area contributed by atoms with Crippen LogP contribution in [-0.2, 0) is 0 Å². The van der Waals surface area contributed by atoms with E-state index in [0.29, 0.717) is 12.2 Å². The van der Waals surface area contributed by atoms with Crippen LogP contribution in [0.2, 0.25) is 0 Å². The van der Waals surface area contributed by atoms with Gasteiger partial charge in [0.2, 0.25) is 0 Å². The summed E-state index contributed by atoms with van der Waals surface area (Å²) < 4.78 is 5.59. The average molecular weight is 313 g/mol. The van der Waals surface area contributed by atoms with Crippen molar-refractivity contribution in [1.82, 2.24) is 10.3 Å². The van der Waals surface area contributed by atoms with Gasteiger partial charge in [-0.15, -0.1) is 0 Å². The molecule has 1 heterocycles. The first-order valence-corrected chi connectivity index (χ1v) is 7.65. The molecule has 122 valence electrons. The molecule has 23 heavy (non-hydrogen) atoms. The minimum absolute atomic E-state index is 0.147. The molecule has 2 rings (SSSR count). The van der Waals surface area contributed by atoms with Crippen LogP contribution in [0.1, 0.15) is 38.1 Å². The number of hydrogen-bond acceptors (Lipinski definition) is 4. The minimum atomic E-state index is -0.290. The van der Waals surface area contributed by atoms with Gasteiger partial charge in [-0.3, -0.25) is 9.78 Å². The smallest absolute Gasteiger partial charge is 0.253 e. The lowest BCUT2D eigenvalue weighted by molar-refractivity contribution is 0.0919. The second kappa shape index (κ2) is 7.13. The van der Waals surface area contributed by atoms with Gasteiger partial charge in [-0.1, -0.05) is 12.1 Å². The van der Waals surface area contributed by atoms with Crippen molar-refractivity contribution in [2.24, 2.45) is 0 Å². The molecule has 1 aromatic carbocycles. The Bertz CT molecular complexity index is 678. The van der Waals surface area contributed by atoms with E-state index in [0.717, 1.165) is 17.1 Å². The van der Waals surface area contributed by atoms with Gasteiger partial charge < -0.3 is 15.4 Å². The highest BCUT2D eigenvalue weighted by atomic mass is 16.5. The molecule has 0 spiro atoms. The van der Waals surface area contributed by atoms with Gasteiger partial charge in [-0.25, -0.2) is 0 Å². The number of anilines is 2. The van der Waals surface area contributed by atoms with Crippen molar-refractivity contribution in [3.8, 4) is 5.75 Å². The summed E-state index contributed by atoms with van der Waals surface area (Å²) in [7, 11) is 0. The van der Waals surface area contributed by atoms with Gasteiger partial charge in [0.15, 0.2) is 0 Å². The zero-order valence-electron chi connectivity index (χ0n) is 14.0. The molecule has 0 saturated heterocycles. The van der Waals surface area contributed by atoms with Crippen LogP contribution in [0, 0.1) is 0 Å². The van der Waals surface area contributed by atoms with Crippen LogP contribution in [0.5, 0.6) is 5.75 Å². The molecule has 0 unspecified atom stereocenters. The molecule has 5 nitrogen and oxygen atoms in total. The van der Waals surface area contributed by atoms with Gasteiger partial charge >= 0.3 is 0 Å². The molecular formula is C18H23N3O2. The van der Waals surface area contributed by atoms with Gasteiger partial charge in [-0.2, -0.15) is 0 Å². The van der Waals surface area contributed by atoms with Crippen molar-refractivity contribution in [3.05, 3.63) is 48.3 Å². The number of para-hydroxylation sites is 2. The quantitative estimate of drug-likeness (QED) is 0.882. The SMILES string of the molecule is CCOc1ccccc1Nc1cncc(C(=O)NC(C)(C)C)c1. The molecule has 0 fully saturated rings. The second-order valence-corrected chi connectivity index (χ2v) is 6.22. The molecule has 2 N–H and O–H groups in total. The molecule has 0 saturated carbocycles. The van der Waals surface area contributed by atoms with E-state index >= 15 is 0 Å². The van der Waals surface area contributed by atoms with Gasteiger partial charge in [0.1, 0.15) is 5.75 Å². The van der Waals surface area contributed by atoms with Crippen LogP contribution in [0.25, 0.3) is 0 Å². The molecule has 2 aromatic rings. The lowest BCUT2D eigenvalue weighted by Crippen LogP contribution is -2.40. The number of carbonyl (C=O) groups excluding carboxylic acids is 1. The summed E-state index contributed by atoms with van der Waals surface area (Å²) >= 11 is 0. The summed E-state index contributed by atoms with van der Waals surface area (Å²) in [6.45, 7) is 8.36. The van der Waals surface area contributed by atoms with E-state index in [1.165, 1.54) is 0 Å². The van der Waals surface area contributed by atoms with Crippen LogP contribution >= 0.6 is 0 Å². The number of nitrogens with zero attached hydrogens (tertiary/aromatic N) is 1. The first kappa shape index (κ1) is 16.8. The number of amides is 1. The molecule has 5 heteroatoms. The first-order valence-electron chi connectivity index (χ1n) is 7.65. The van der Waals surface area contributed by atoms with Crippen molar-refractivity contribution < 1.29 is 9.53 Å². The molecule has 0 radical (unpaired) electrons. The summed E-state index contributed by atoms with van der Waals surface area (Å²) in [6, 6.07) is 9.44. The number of aromatic nitrogens is 1. The molecule has 1 aromatic heterocycles. The third-order valence-corrected chi connectivity index (χ3v) is 2.95. The monoisotopic (exact) mass is 313 g/mol. The molecule has 0 aliphatic heterocycles. The zero-order valence-corrected chi connectivity index (χ0v) is 14.0. The predicted molar refractivity (Wildman–Crippen MR) is 92.3 cm³/mol. The maximum absolute atomic E-state index is 12.2. The fourth-order valence-electron chi connectivity index (χ4n) is 2.05. The Balaban J connectivity index is 2.19. The van der Waals surface area contributed by atoms with Gasteiger partial charge in [0, 0.05) is 11.7 Å². The summed E-state index contributed by atoms with van der Waals surface area (Å²) in [5.41, 5.74) is 1.80. The number of nitrogens with one attached hydrogen (secondary N) is 2. The van der Waals surface area contributed by atoms with E-state index in [1.54, 1.807) is 18.5 Å². The fourth-order valence-corrected chi connectivity index (χ4v) is 2.05. The maximum Gasteiger partial charge on any atom is 0.253 e. The van der Waals surface area contributed by atoms with E-state index in [9.17, 15) is 4.79 Å². The highest BCUT2D eigenvalue weighted by molar-refractivity contribution is 5.95. The number of rotatable bonds is 5. The van der Waals surface area contributed by atoms with Crippen molar-refractivity contribution >= 4 is 17.3 Å². The lowest BCUT2D eigenvalue weighted by Gasteiger charge is -2.20. The number of hydrogen-bond donors (Lipinski definition) is 2. The van der Waals surface area contributed by atoms with Crippen molar-refractivity contribution in [3.63, 3.8) is 0 Å². The highest BCUT2D eigenvalue weighted by Crippen LogP contribution is 2.27. The van der Waals surface area contributed by atoms with Crippen LogP contribution < -0.4 is 15.4 Å². The van der Waals surface area contributed by atoms with Crippen LogP contribution in [-0.4, -0.2) is 23.0 Å². The number of carbonyl (C=O) groups is 1. The molecule has 0 aliphatic rings. The predicted octanol–water partition coefficient (Wildman–Crippen LogP) is 3.75. The Kier molecular flexibility index (Phi) is 5.21. The number of benzene rings is 1. The first-order chi connectivity index (χ1) is 10.9. The summed E-state index contributed by atoms with van der Waals surface area (Å²) in [5, 5.41) is 6.17. The van der Waals surface area contributed by atoms with Gasteiger partial charge in [0.25, 0.3) is 5.91 Å². The maximum atomic E-state index is 12.2. The van der Waals surface area contributed by atoms with Gasteiger partial charge in [0.05, 0.1) is 29.7 Å². The second-order valence-electron chi connectivity index (χ2n) is 6.22. The summed E-state index contributed by atoms with van der Waals surface area (Å²) in [6.07, 6.45) is 3.23. The van der Waals surface area contributed by atoms with Crippen LogP contribution in [0.4, 0.5) is 11.4 Å². The number of ether oxygens (including phenoxy) is 1. The summed E-state index contributed by atoms with van der Waals surface area (Å²) in [4.78, 5) is 16.4. The van der Waals surface area contributed by atoms with Crippen molar-refractivity contribution in [2.75, 3.05) is 11.9 Å². The Morgan fingerprint density at radius 2 is 1.96 bits per heavy atom. The standard InChI is InChI=1S/C18H23N3O2/c1-5-23-16-9-7-6-8-15(16)20-14-10-13(11-19-12-14)17(22)21-18(2,3)4/h6-12,20H,5H2,1-4H3,(H,21,22). The minimum Gasteiger partial charge on any atom is -0.492 e. The fraction of sp³-hybridized carbons (Fsp3) is 0.333. The lowest BCUT2D eigenvalue weighted by atomic mass is 10.1. The molecule has 0 atom stereocenters. The largest absolute Gasteiger partial charge is 0.492 e. The van der Waals surface area contributed by atoms with Gasteiger partial charge in [-0.05, 0) is 45.9 Å². The van der Waals surface area contributed by atoms with E-state index in [4.69, 9.17) is 4.74 Å². The van der Waals surface area contributed by atoms with Crippen LogP contribution in [0.3, 0.4) is 0 Å². The van der Waals surface area contributed by atoms with Crippen molar-refractivity contribution in [2.45, 2.75) is 33.2 Å². The molecular weight excluding hydrogens is 290 g/mol. The normalized spacial score (nSPS) is 11.0. The third kappa shape index (κ3) is 4.98.